The maximum Gasteiger partial charge on any atom is 0.253 e. The molecule has 0 saturated heterocycles. The lowest BCUT2D eigenvalue weighted by Crippen LogP contribution is -2.38. The van der Waals surface area contributed by atoms with Gasteiger partial charge in [0.1, 0.15) is 5.75 Å². The van der Waals surface area contributed by atoms with E-state index in [2.05, 4.69) is 0 Å². The highest BCUT2D eigenvalue weighted by atomic mass is 16.5. The molecule has 4 rings (SSSR count). The largest absolute Gasteiger partial charge is 0.497 e. The van der Waals surface area contributed by atoms with Crippen molar-refractivity contribution in [3.8, 4) is 5.75 Å². The van der Waals surface area contributed by atoms with Crippen LogP contribution >= 0.6 is 0 Å². The Bertz CT molecular complexity index is 980. The SMILES string of the molecule is COc1ccc(C=CC(=O)N2c3ccccc3COC2c2ccccc2)cc1. The molecule has 0 spiro atoms. The van der Waals surface area contributed by atoms with E-state index in [-0.39, 0.29) is 5.91 Å². The molecule has 140 valence electrons. The Morgan fingerprint density at radius 3 is 2.46 bits per heavy atom. The van der Waals surface area contributed by atoms with Crippen molar-refractivity contribution in [3.63, 3.8) is 0 Å². The Morgan fingerprint density at radius 1 is 1.00 bits per heavy atom. The molecule has 1 heterocycles. The monoisotopic (exact) mass is 371 g/mol. The molecule has 0 saturated carbocycles. The van der Waals surface area contributed by atoms with E-state index in [0.717, 1.165) is 28.1 Å². The van der Waals surface area contributed by atoms with E-state index in [4.69, 9.17) is 9.47 Å². The van der Waals surface area contributed by atoms with E-state index >= 15 is 0 Å². The van der Waals surface area contributed by atoms with Crippen LogP contribution in [0.1, 0.15) is 22.9 Å². The van der Waals surface area contributed by atoms with E-state index in [1.54, 1.807) is 24.2 Å². The van der Waals surface area contributed by atoms with Gasteiger partial charge in [-0.05, 0) is 29.8 Å². The summed E-state index contributed by atoms with van der Waals surface area (Å²) in [4.78, 5) is 14.9. The molecule has 0 radical (unpaired) electrons. The Hall–Kier alpha value is -3.37. The molecular weight excluding hydrogens is 350 g/mol. The van der Waals surface area contributed by atoms with Crippen LogP contribution < -0.4 is 9.64 Å². The smallest absolute Gasteiger partial charge is 0.253 e. The summed E-state index contributed by atoms with van der Waals surface area (Å²) < 4.78 is 11.2. The van der Waals surface area contributed by atoms with Gasteiger partial charge in [0.2, 0.25) is 0 Å². The highest BCUT2D eigenvalue weighted by Crippen LogP contribution is 2.36. The predicted octanol–water partition coefficient (Wildman–Crippen LogP) is 4.97. The van der Waals surface area contributed by atoms with Crippen LogP contribution in [0, 0.1) is 0 Å². The Balaban J connectivity index is 1.66. The summed E-state index contributed by atoms with van der Waals surface area (Å²) in [7, 11) is 1.63. The van der Waals surface area contributed by atoms with Gasteiger partial charge in [0.15, 0.2) is 6.23 Å². The highest BCUT2D eigenvalue weighted by molar-refractivity contribution is 6.04. The number of fused-ring (bicyclic) bond motifs is 1. The van der Waals surface area contributed by atoms with Crippen molar-refractivity contribution in [2.45, 2.75) is 12.8 Å². The molecule has 1 aliphatic rings. The van der Waals surface area contributed by atoms with Gasteiger partial charge in [-0.25, -0.2) is 0 Å². The van der Waals surface area contributed by atoms with Gasteiger partial charge in [-0.2, -0.15) is 0 Å². The molecule has 1 amide bonds. The quantitative estimate of drug-likeness (QED) is 0.608. The molecule has 1 unspecified atom stereocenters. The standard InChI is InChI=1S/C24H21NO3/c1-27-21-14-11-18(12-15-21)13-16-23(26)25-22-10-6-5-9-20(22)17-28-24(25)19-7-3-2-4-8-19/h2-16,24H,17H2,1H3. The normalized spacial score (nSPS) is 16.0. The maximum atomic E-state index is 13.2. The number of benzene rings is 3. The lowest BCUT2D eigenvalue weighted by Gasteiger charge is -2.36. The molecule has 4 nitrogen and oxygen atoms in total. The summed E-state index contributed by atoms with van der Waals surface area (Å²) in [6, 6.07) is 25.2. The summed E-state index contributed by atoms with van der Waals surface area (Å²) >= 11 is 0. The number of carbonyl (C=O) groups is 1. The number of rotatable bonds is 4. The van der Waals surface area contributed by atoms with Gasteiger partial charge in [0.25, 0.3) is 5.91 Å². The van der Waals surface area contributed by atoms with E-state index in [9.17, 15) is 4.79 Å². The molecule has 0 aliphatic carbocycles. The number of nitrogens with zero attached hydrogens (tertiary/aromatic N) is 1. The molecule has 1 atom stereocenters. The zero-order chi connectivity index (χ0) is 19.3. The van der Waals surface area contributed by atoms with E-state index in [1.807, 2.05) is 78.9 Å². The van der Waals surface area contributed by atoms with Gasteiger partial charge < -0.3 is 9.47 Å². The number of amides is 1. The second kappa shape index (κ2) is 8.11. The minimum atomic E-state index is -0.455. The second-order valence-corrected chi connectivity index (χ2v) is 6.52. The van der Waals surface area contributed by atoms with Gasteiger partial charge in [0, 0.05) is 17.2 Å². The summed E-state index contributed by atoms with van der Waals surface area (Å²) in [5.41, 5.74) is 3.76. The van der Waals surface area contributed by atoms with E-state index < -0.39 is 6.23 Å². The van der Waals surface area contributed by atoms with E-state index in [1.165, 1.54) is 0 Å². The predicted molar refractivity (Wildman–Crippen MR) is 110 cm³/mol. The van der Waals surface area contributed by atoms with E-state index in [0.29, 0.717) is 6.61 Å². The van der Waals surface area contributed by atoms with Crippen LogP contribution in [0.2, 0.25) is 0 Å². The first kappa shape index (κ1) is 18.0. The number of hydrogen-bond donors (Lipinski definition) is 0. The van der Waals surface area contributed by atoms with Crippen LogP contribution in [0.15, 0.2) is 84.9 Å². The minimum absolute atomic E-state index is 0.128. The van der Waals surface area contributed by atoms with Crippen molar-refractivity contribution in [1.82, 2.24) is 0 Å². The molecule has 28 heavy (non-hydrogen) atoms. The fraction of sp³-hybridized carbons (Fsp3) is 0.125. The first-order valence-corrected chi connectivity index (χ1v) is 9.16. The van der Waals surface area contributed by atoms with Crippen LogP contribution in [0.3, 0.4) is 0 Å². The Morgan fingerprint density at radius 2 is 1.71 bits per heavy atom. The average Bonchev–Trinajstić information content (AvgIpc) is 2.77. The van der Waals surface area contributed by atoms with Crippen molar-refractivity contribution in [2.75, 3.05) is 12.0 Å². The van der Waals surface area contributed by atoms with Crippen LogP contribution in [0.5, 0.6) is 5.75 Å². The lowest BCUT2D eigenvalue weighted by molar-refractivity contribution is -0.117. The van der Waals surface area contributed by atoms with Crippen LogP contribution in [0.25, 0.3) is 6.08 Å². The fourth-order valence-corrected chi connectivity index (χ4v) is 3.30. The van der Waals surface area contributed by atoms with Crippen LogP contribution in [0.4, 0.5) is 5.69 Å². The van der Waals surface area contributed by atoms with Crippen LogP contribution in [-0.2, 0) is 16.1 Å². The van der Waals surface area contributed by atoms with Gasteiger partial charge in [-0.1, -0.05) is 60.7 Å². The minimum Gasteiger partial charge on any atom is -0.497 e. The second-order valence-electron chi connectivity index (χ2n) is 6.52. The first-order chi connectivity index (χ1) is 13.8. The molecule has 0 bridgehead atoms. The van der Waals surface area contributed by atoms with Crippen molar-refractivity contribution in [1.29, 1.82) is 0 Å². The average molecular weight is 371 g/mol. The van der Waals surface area contributed by atoms with Gasteiger partial charge in [0.05, 0.1) is 19.4 Å². The van der Waals surface area contributed by atoms with Crippen molar-refractivity contribution in [3.05, 3.63) is 102 Å². The topological polar surface area (TPSA) is 38.8 Å². The third-order valence-electron chi connectivity index (χ3n) is 4.74. The third-order valence-corrected chi connectivity index (χ3v) is 4.74. The van der Waals surface area contributed by atoms with Crippen molar-refractivity contribution >= 4 is 17.7 Å². The lowest BCUT2D eigenvalue weighted by atomic mass is 10.1. The number of anilines is 1. The molecule has 3 aromatic carbocycles. The molecular formula is C24H21NO3. The zero-order valence-corrected chi connectivity index (χ0v) is 15.6. The van der Waals surface area contributed by atoms with Gasteiger partial charge >= 0.3 is 0 Å². The summed E-state index contributed by atoms with van der Waals surface area (Å²) in [5, 5.41) is 0. The number of carbonyl (C=O) groups excluding carboxylic acids is 1. The molecule has 0 aromatic heterocycles. The molecule has 0 fully saturated rings. The third kappa shape index (κ3) is 3.68. The van der Waals surface area contributed by atoms with Gasteiger partial charge in [-0.15, -0.1) is 0 Å². The zero-order valence-electron chi connectivity index (χ0n) is 15.6. The Kier molecular flexibility index (Phi) is 5.22. The number of ether oxygens (including phenoxy) is 2. The number of para-hydroxylation sites is 1. The maximum absolute atomic E-state index is 13.2. The summed E-state index contributed by atoms with van der Waals surface area (Å²) in [6.45, 7) is 0.474. The molecule has 1 aliphatic heterocycles. The number of hydrogen-bond acceptors (Lipinski definition) is 3. The Labute approximate surface area is 164 Å². The highest BCUT2D eigenvalue weighted by Gasteiger charge is 2.31. The molecule has 0 N–H and O–H groups in total. The first-order valence-electron chi connectivity index (χ1n) is 9.16. The van der Waals surface area contributed by atoms with Gasteiger partial charge in [-0.3, -0.25) is 9.69 Å². The molecule has 3 aromatic rings. The van der Waals surface area contributed by atoms with Crippen molar-refractivity contribution in [2.24, 2.45) is 0 Å². The summed E-state index contributed by atoms with van der Waals surface area (Å²) in [5.74, 6) is 0.655. The van der Waals surface area contributed by atoms with Crippen LogP contribution in [-0.4, -0.2) is 13.0 Å². The molecule has 4 heteroatoms. The summed E-state index contributed by atoms with van der Waals surface area (Å²) in [6.07, 6.45) is 2.94. The number of methoxy groups -OCH3 is 1. The van der Waals surface area contributed by atoms with Crippen molar-refractivity contribution < 1.29 is 14.3 Å². The fourth-order valence-electron chi connectivity index (χ4n) is 3.30.